The average molecular weight is 230 g/mol. The van der Waals surface area contributed by atoms with Gasteiger partial charge in [0.1, 0.15) is 0 Å². The molecule has 1 aliphatic carbocycles. The van der Waals surface area contributed by atoms with Crippen molar-refractivity contribution in [2.45, 2.75) is 37.5 Å². The molecule has 0 spiro atoms. The van der Waals surface area contributed by atoms with E-state index < -0.39 is 17.8 Å². The number of halogens is 3. The minimum atomic E-state index is -4.28. The van der Waals surface area contributed by atoms with Crippen LogP contribution in [-0.4, -0.2) is 11.2 Å². The number of rotatable bonds is 1. The number of alkyl halides is 3. The van der Waals surface area contributed by atoms with E-state index in [1.807, 2.05) is 0 Å². The summed E-state index contributed by atoms with van der Waals surface area (Å²) in [6.45, 7) is 0. The Morgan fingerprint density at radius 1 is 1.06 bits per heavy atom. The average Bonchev–Trinajstić information content (AvgIpc) is 2.63. The monoisotopic (exact) mass is 230 g/mol. The molecule has 0 bridgehead atoms. The molecule has 1 saturated carbocycles. The minimum absolute atomic E-state index is 0.00211. The molecule has 0 radical (unpaired) electrons. The number of hydrogen-bond acceptors (Lipinski definition) is 1. The van der Waals surface area contributed by atoms with E-state index in [0.717, 1.165) is 37.0 Å². The summed E-state index contributed by atoms with van der Waals surface area (Å²) in [5.41, 5.74) is 0.168. The first-order chi connectivity index (χ1) is 7.48. The highest BCUT2D eigenvalue weighted by molar-refractivity contribution is 5.28. The van der Waals surface area contributed by atoms with Crippen LogP contribution in [0.4, 0.5) is 13.2 Å². The Balaban J connectivity index is 2.19. The van der Waals surface area contributed by atoms with Gasteiger partial charge in [-0.15, -0.1) is 0 Å². The molecule has 1 fully saturated rings. The van der Waals surface area contributed by atoms with E-state index in [9.17, 15) is 18.3 Å². The maximum Gasteiger partial charge on any atom is 0.416 e. The zero-order valence-electron chi connectivity index (χ0n) is 8.67. The maximum atomic E-state index is 12.3. The predicted octanol–water partition coefficient (Wildman–Crippen LogP) is 3.33. The molecule has 0 amide bonds. The molecule has 1 nitrogen and oxygen atoms in total. The largest absolute Gasteiger partial charge is 0.416 e. The van der Waals surface area contributed by atoms with Crippen molar-refractivity contribution < 1.29 is 18.3 Å². The Kier molecular flexibility index (Phi) is 2.93. The molecule has 2 atom stereocenters. The van der Waals surface area contributed by atoms with Gasteiger partial charge in [0.25, 0.3) is 0 Å². The molecule has 0 heterocycles. The second-order valence-electron chi connectivity index (χ2n) is 4.22. The molecule has 0 aromatic heterocycles. The molecular formula is C12H13F3O. The van der Waals surface area contributed by atoms with Crippen LogP contribution in [0.15, 0.2) is 24.3 Å². The van der Waals surface area contributed by atoms with Crippen molar-refractivity contribution in [2.24, 2.45) is 0 Å². The summed E-state index contributed by atoms with van der Waals surface area (Å²) in [5.74, 6) is 0.00211. The van der Waals surface area contributed by atoms with Gasteiger partial charge < -0.3 is 5.11 Å². The van der Waals surface area contributed by atoms with Gasteiger partial charge >= 0.3 is 6.18 Å². The summed E-state index contributed by atoms with van der Waals surface area (Å²) >= 11 is 0. The third kappa shape index (κ3) is 2.21. The van der Waals surface area contributed by atoms with Crippen LogP contribution in [-0.2, 0) is 6.18 Å². The van der Waals surface area contributed by atoms with Crippen LogP contribution in [0.3, 0.4) is 0 Å². The zero-order valence-corrected chi connectivity index (χ0v) is 8.67. The Morgan fingerprint density at radius 3 is 2.12 bits per heavy atom. The smallest absolute Gasteiger partial charge is 0.392 e. The van der Waals surface area contributed by atoms with Crippen LogP contribution in [0.2, 0.25) is 0 Å². The van der Waals surface area contributed by atoms with Gasteiger partial charge in [-0.1, -0.05) is 18.6 Å². The van der Waals surface area contributed by atoms with Crippen molar-refractivity contribution in [1.29, 1.82) is 0 Å². The first-order valence-corrected chi connectivity index (χ1v) is 5.34. The Morgan fingerprint density at radius 2 is 1.69 bits per heavy atom. The molecular weight excluding hydrogens is 217 g/mol. The minimum Gasteiger partial charge on any atom is -0.392 e. The van der Waals surface area contributed by atoms with E-state index in [1.165, 1.54) is 12.1 Å². The molecule has 16 heavy (non-hydrogen) atoms. The van der Waals surface area contributed by atoms with E-state index >= 15 is 0 Å². The molecule has 4 heteroatoms. The Labute approximate surface area is 91.9 Å². The molecule has 0 aliphatic heterocycles. The van der Waals surface area contributed by atoms with E-state index in [4.69, 9.17) is 0 Å². The second kappa shape index (κ2) is 4.09. The molecule has 88 valence electrons. The lowest BCUT2D eigenvalue weighted by molar-refractivity contribution is -0.137. The van der Waals surface area contributed by atoms with Crippen molar-refractivity contribution in [1.82, 2.24) is 0 Å². The van der Waals surface area contributed by atoms with Gasteiger partial charge in [0, 0.05) is 5.92 Å². The van der Waals surface area contributed by atoms with Crippen LogP contribution in [0.25, 0.3) is 0 Å². The molecule has 1 aromatic rings. The summed E-state index contributed by atoms with van der Waals surface area (Å²) in [4.78, 5) is 0. The molecule has 1 N–H and O–H groups in total. The number of benzene rings is 1. The zero-order chi connectivity index (χ0) is 11.8. The SMILES string of the molecule is OC1CCCC1c1ccc(C(F)(F)F)cc1. The lowest BCUT2D eigenvalue weighted by Crippen LogP contribution is -2.11. The summed E-state index contributed by atoms with van der Waals surface area (Å²) in [6, 6.07) is 5.12. The number of hydrogen-bond donors (Lipinski definition) is 1. The van der Waals surface area contributed by atoms with Gasteiger partial charge in [-0.25, -0.2) is 0 Å². The van der Waals surface area contributed by atoms with Crippen molar-refractivity contribution in [2.75, 3.05) is 0 Å². The van der Waals surface area contributed by atoms with Crippen LogP contribution >= 0.6 is 0 Å². The van der Waals surface area contributed by atoms with Gasteiger partial charge in [-0.3, -0.25) is 0 Å². The number of aliphatic hydroxyl groups is 1. The van der Waals surface area contributed by atoms with E-state index in [1.54, 1.807) is 0 Å². The first kappa shape index (κ1) is 11.5. The molecule has 1 aliphatic rings. The highest BCUT2D eigenvalue weighted by Crippen LogP contribution is 2.36. The fourth-order valence-corrected chi connectivity index (χ4v) is 2.25. The molecule has 2 unspecified atom stereocenters. The van der Waals surface area contributed by atoms with Crippen LogP contribution in [0, 0.1) is 0 Å². The maximum absolute atomic E-state index is 12.3. The third-order valence-corrected chi connectivity index (χ3v) is 3.15. The van der Waals surface area contributed by atoms with Gasteiger partial charge in [0.15, 0.2) is 0 Å². The quantitative estimate of drug-likeness (QED) is 0.784. The first-order valence-electron chi connectivity index (χ1n) is 5.34. The van der Waals surface area contributed by atoms with E-state index in [-0.39, 0.29) is 5.92 Å². The summed E-state index contributed by atoms with van der Waals surface area (Å²) in [5, 5.41) is 9.65. The highest BCUT2D eigenvalue weighted by Gasteiger charge is 2.31. The second-order valence-corrected chi connectivity index (χ2v) is 4.22. The summed E-state index contributed by atoms with van der Waals surface area (Å²) < 4.78 is 37.0. The van der Waals surface area contributed by atoms with Crippen molar-refractivity contribution in [3.05, 3.63) is 35.4 Å². The molecule has 2 rings (SSSR count). The van der Waals surface area contributed by atoms with Gasteiger partial charge in [-0.05, 0) is 30.5 Å². The normalized spacial score (nSPS) is 26.0. The lowest BCUT2D eigenvalue weighted by atomic mass is 9.95. The molecule has 0 saturated heterocycles. The van der Waals surface area contributed by atoms with Crippen LogP contribution < -0.4 is 0 Å². The van der Waals surface area contributed by atoms with Gasteiger partial charge in [-0.2, -0.15) is 13.2 Å². The van der Waals surface area contributed by atoms with Crippen molar-refractivity contribution in [3.8, 4) is 0 Å². The standard InChI is InChI=1S/C12H13F3O/c13-12(14,15)9-6-4-8(5-7-9)10-2-1-3-11(10)16/h4-7,10-11,16H,1-3H2. The fraction of sp³-hybridized carbons (Fsp3) is 0.500. The van der Waals surface area contributed by atoms with Crippen LogP contribution in [0.1, 0.15) is 36.3 Å². The molecule has 1 aromatic carbocycles. The topological polar surface area (TPSA) is 20.2 Å². The van der Waals surface area contributed by atoms with Gasteiger partial charge in [0.05, 0.1) is 11.7 Å². The number of aliphatic hydroxyl groups excluding tert-OH is 1. The summed E-state index contributed by atoms with van der Waals surface area (Å²) in [7, 11) is 0. The van der Waals surface area contributed by atoms with Crippen molar-refractivity contribution in [3.63, 3.8) is 0 Å². The van der Waals surface area contributed by atoms with E-state index in [2.05, 4.69) is 0 Å². The highest BCUT2D eigenvalue weighted by atomic mass is 19.4. The fourth-order valence-electron chi connectivity index (χ4n) is 2.25. The third-order valence-electron chi connectivity index (χ3n) is 3.15. The van der Waals surface area contributed by atoms with Crippen molar-refractivity contribution >= 4 is 0 Å². The predicted molar refractivity (Wildman–Crippen MR) is 54.0 cm³/mol. The summed E-state index contributed by atoms with van der Waals surface area (Å²) in [6.07, 6.45) is -2.16. The Hall–Kier alpha value is -1.03. The van der Waals surface area contributed by atoms with E-state index in [0.29, 0.717) is 0 Å². The lowest BCUT2D eigenvalue weighted by Gasteiger charge is -2.15. The van der Waals surface area contributed by atoms with Crippen LogP contribution in [0.5, 0.6) is 0 Å². The van der Waals surface area contributed by atoms with Gasteiger partial charge in [0.2, 0.25) is 0 Å². The Bertz CT molecular complexity index is 356.